The Kier molecular flexibility index (Phi) is 4.52. The Morgan fingerprint density at radius 2 is 2.19 bits per heavy atom. The number of methoxy groups -OCH3 is 1. The number of ether oxygens (including phenoxy) is 1. The maximum Gasteiger partial charge on any atom is 0.322 e. The van der Waals surface area contributed by atoms with E-state index in [4.69, 9.17) is 10.5 Å². The molecule has 0 unspecified atom stereocenters. The second-order valence-corrected chi connectivity index (χ2v) is 4.99. The van der Waals surface area contributed by atoms with Crippen LogP contribution in [0.25, 0.3) is 5.95 Å². The highest BCUT2D eigenvalue weighted by Crippen LogP contribution is 2.15. The summed E-state index contributed by atoms with van der Waals surface area (Å²) in [5.41, 5.74) is 5.07. The molecule has 21 heavy (non-hydrogen) atoms. The molecule has 0 spiro atoms. The SMILES string of the molecule is COc1nc(N(C)C)nc(-n2cnc(SCC(N)=O)n2)n1. The fourth-order valence-corrected chi connectivity index (χ4v) is 1.81. The molecule has 10 nitrogen and oxygen atoms in total. The lowest BCUT2D eigenvalue weighted by Gasteiger charge is -2.11. The predicted octanol–water partition coefficient (Wildman–Crippen LogP) is -0.896. The number of hydrogen-bond acceptors (Lipinski definition) is 9. The summed E-state index contributed by atoms with van der Waals surface area (Å²) in [5.74, 6) is 0.365. The molecule has 1 amide bonds. The van der Waals surface area contributed by atoms with Gasteiger partial charge in [0, 0.05) is 14.1 Å². The van der Waals surface area contributed by atoms with Crippen LogP contribution >= 0.6 is 11.8 Å². The Labute approximate surface area is 124 Å². The van der Waals surface area contributed by atoms with Crippen LogP contribution in [0.1, 0.15) is 0 Å². The lowest BCUT2D eigenvalue weighted by atomic mass is 10.7. The number of thioether (sulfide) groups is 1. The first-order valence-electron chi connectivity index (χ1n) is 5.80. The molecule has 0 bridgehead atoms. The van der Waals surface area contributed by atoms with Gasteiger partial charge in [-0.25, -0.2) is 4.98 Å². The van der Waals surface area contributed by atoms with Gasteiger partial charge in [-0.15, -0.1) is 5.10 Å². The summed E-state index contributed by atoms with van der Waals surface area (Å²) >= 11 is 1.13. The largest absolute Gasteiger partial charge is 0.467 e. The lowest BCUT2D eigenvalue weighted by Crippen LogP contribution is -2.16. The monoisotopic (exact) mass is 310 g/mol. The summed E-state index contributed by atoms with van der Waals surface area (Å²) in [4.78, 5) is 28.9. The molecule has 0 atom stereocenters. The molecule has 11 heteroatoms. The molecular formula is C10H14N8O2S. The van der Waals surface area contributed by atoms with E-state index in [-0.39, 0.29) is 17.7 Å². The minimum Gasteiger partial charge on any atom is -0.467 e. The minimum atomic E-state index is -0.437. The third-order valence-corrected chi connectivity index (χ3v) is 3.07. The zero-order valence-electron chi connectivity index (χ0n) is 11.7. The fraction of sp³-hybridized carbons (Fsp3) is 0.400. The van der Waals surface area contributed by atoms with Crippen molar-refractivity contribution in [3.05, 3.63) is 6.33 Å². The summed E-state index contributed by atoms with van der Waals surface area (Å²) in [6, 6.07) is 0.172. The van der Waals surface area contributed by atoms with Gasteiger partial charge in [0.2, 0.25) is 17.0 Å². The second kappa shape index (κ2) is 6.35. The van der Waals surface area contributed by atoms with Gasteiger partial charge in [-0.2, -0.15) is 19.6 Å². The molecule has 0 aliphatic heterocycles. The van der Waals surface area contributed by atoms with Gasteiger partial charge >= 0.3 is 6.01 Å². The van der Waals surface area contributed by atoms with Gasteiger partial charge in [-0.05, 0) is 0 Å². The third-order valence-electron chi connectivity index (χ3n) is 2.19. The van der Waals surface area contributed by atoms with Crippen LogP contribution in [0, 0.1) is 0 Å². The minimum absolute atomic E-state index is 0.105. The molecule has 0 saturated heterocycles. The molecule has 0 saturated carbocycles. The Morgan fingerprint density at radius 3 is 2.81 bits per heavy atom. The summed E-state index contributed by atoms with van der Waals surface area (Å²) in [6.07, 6.45) is 1.44. The van der Waals surface area contributed by atoms with E-state index in [2.05, 4.69) is 25.0 Å². The van der Waals surface area contributed by atoms with E-state index in [0.29, 0.717) is 11.1 Å². The van der Waals surface area contributed by atoms with Crippen molar-refractivity contribution >= 4 is 23.6 Å². The van der Waals surface area contributed by atoms with E-state index in [0.717, 1.165) is 11.8 Å². The average Bonchev–Trinajstić information content (AvgIpc) is 2.93. The normalized spacial score (nSPS) is 10.4. The van der Waals surface area contributed by atoms with Gasteiger partial charge in [-0.1, -0.05) is 11.8 Å². The van der Waals surface area contributed by atoms with Crippen LogP contribution in [0.2, 0.25) is 0 Å². The number of nitrogens with two attached hydrogens (primary N) is 1. The number of aromatic nitrogens is 6. The van der Waals surface area contributed by atoms with Gasteiger partial charge in [0.25, 0.3) is 5.95 Å². The van der Waals surface area contributed by atoms with Crippen molar-refractivity contribution in [2.75, 3.05) is 31.9 Å². The van der Waals surface area contributed by atoms with E-state index >= 15 is 0 Å². The second-order valence-electron chi connectivity index (χ2n) is 4.04. The summed E-state index contributed by atoms with van der Waals surface area (Å²) < 4.78 is 6.41. The number of primary amides is 1. The summed E-state index contributed by atoms with van der Waals surface area (Å²) in [7, 11) is 5.07. The highest BCUT2D eigenvalue weighted by Gasteiger charge is 2.12. The molecule has 0 fully saturated rings. The number of carbonyl (C=O) groups excluding carboxylic acids is 1. The van der Waals surface area contributed by atoms with Crippen LogP contribution in [-0.2, 0) is 4.79 Å². The Balaban J connectivity index is 2.28. The number of nitrogens with zero attached hydrogens (tertiary/aromatic N) is 7. The highest BCUT2D eigenvalue weighted by atomic mass is 32.2. The standard InChI is InChI=1S/C10H14N8O2S/c1-17(2)7-13-8(15-9(14-7)20-3)18-5-12-10(16-18)21-4-6(11)19/h5H,4H2,1-3H3,(H2,11,19). The first-order chi connectivity index (χ1) is 9.99. The van der Waals surface area contributed by atoms with Gasteiger partial charge in [-0.3, -0.25) is 4.79 Å². The van der Waals surface area contributed by atoms with Gasteiger partial charge in [0.1, 0.15) is 6.33 Å². The first-order valence-corrected chi connectivity index (χ1v) is 6.78. The predicted molar refractivity (Wildman–Crippen MR) is 75.5 cm³/mol. The van der Waals surface area contributed by atoms with Crippen LogP contribution < -0.4 is 15.4 Å². The van der Waals surface area contributed by atoms with Crippen LogP contribution in [0.3, 0.4) is 0 Å². The van der Waals surface area contributed by atoms with Gasteiger partial charge < -0.3 is 15.4 Å². The van der Waals surface area contributed by atoms with E-state index in [1.54, 1.807) is 19.0 Å². The van der Waals surface area contributed by atoms with E-state index in [1.807, 2.05) is 0 Å². The zero-order chi connectivity index (χ0) is 15.4. The molecular weight excluding hydrogens is 296 g/mol. The maximum absolute atomic E-state index is 10.7. The summed E-state index contributed by atoms with van der Waals surface area (Å²) in [5, 5.41) is 4.56. The highest BCUT2D eigenvalue weighted by molar-refractivity contribution is 7.99. The van der Waals surface area contributed by atoms with E-state index in [9.17, 15) is 4.79 Å². The van der Waals surface area contributed by atoms with Crippen LogP contribution in [0.15, 0.2) is 11.5 Å². The zero-order valence-corrected chi connectivity index (χ0v) is 12.5. The van der Waals surface area contributed by atoms with Gasteiger partial charge in [0.15, 0.2) is 0 Å². The average molecular weight is 310 g/mol. The van der Waals surface area contributed by atoms with Crippen molar-refractivity contribution in [3.63, 3.8) is 0 Å². The van der Waals surface area contributed by atoms with Crippen LogP contribution in [0.4, 0.5) is 5.95 Å². The molecule has 2 N–H and O–H groups in total. The van der Waals surface area contributed by atoms with E-state index in [1.165, 1.54) is 18.1 Å². The number of hydrogen-bond donors (Lipinski definition) is 1. The van der Waals surface area contributed by atoms with E-state index < -0.39 is 5.91 Å². The summed E-state index contributed by atoms with van der Waals surface area (Å²) in [6.45, 7) is 0. The molecule has 0 aromatic carbocycles. The maximum atomic E-state index is 10.7. The smallest absolute Gasteiger partial charge is 0.322 e. The molecule has 2 rings (SSSR count). The molecule has 0 aliphatic carbocycles. The van der Waals surface area contributed by atoms with Crippen LogP contribution in [-0.4, -0.2) is 62.6 Å². The topological polar surface area (TPSA) is 125 Å². The molecule has 0 radical (unpaired) electrons. The number of anilines is 1. The van der Waals surface area contributed by atoms with Crippen molar-refractivity contribution in [1.82, 2.24) is 29.7 Å². The lowest BCUT2D eigenvalue weighted by molar-refractivity contribution is -0.115. The Morgan fingerprint density at radius 1 is 1.43 bits per heavy atom. The molecule has 2 aromatic rings. The van der Waals surface area contributed by atoms with Gasteiger partial charge in [0.05, 0.1) is 12.9 Å². The Bertz CT molecular complexity index is 644. The molecule has 0 aliphatic rings. The number of amides is 1. The molecule has 2 aromatic heterocycles. The van der Waals surface area contributed by atoms with Crippen molar-refractivity contribution < 1.29 is 9.53 Å². The Hall–Kier alpha value is -2.43. The fourth-order valence-electron chi connectivity index (χ4n) is 1.28. The van der Waals surface area contributed by atoms with Crippen molar-refractivity contribution in [1.29, 1.82) is 0 Å². The number of rotatable bonds is 6. The van der Waals surface area contributed by atoms with Crippen LogP contribution in [0.5, 0.6) is 6.01 Å². The molecule has 112 valence electrons. The number of carbonyl (C=O) groups is 1. The quantitative estimate of drug-likeness (QED) is 0.676. The first kappa shape index (κ1) is 15.0. The van der Waals surface area contributed by atoms with Crippen molar-refractivity contribution in [2.45, 2.75) is 5.16 Å². The van der Waals surface area contributed by atoms with Crippen molar-refractivity contribution in [2.24, 2.45) is 5.73 Å². The molecule has 2 heterocycles. The third kappa shape index (κ3) is 3.78. The van der Waals surface area contributed by atoms with Crippen molar-refractivity contribution in [3.8, 4) is 12.0 Å².